The maximum Gasteiger partial charge on any atom is 0.416 e. The molecule has 138 valence electrons. The number of amides is 1. The van der Waals surface area contributed by atoms with E-state index in [2.05, 4.69) is 10.1 Å². The summed E-state index contributed by atoms with van der Waals surface area (Å²) in [6.45, 7) is 0.857. The van der Waals surface area contributed by atoms with Gasteiger partial charge in [0, 0.05) is 24.2 Å². The lowest BCUT2D eigenvalue weighted by atomic mass is 9.98. The Morgan fingerprint density at radius 3 is 2.52 bits per heavy atom. The number of alkyl halides is 3. The van der Waals surface area contributed by atoms with Crippen molar-refractivity contribution in [3.63, 3.8) is 0 Å². The molecule has 0 aliphatic carbocycles. The molecule has 3 aromatic rings. The quantitative estimate of drug-likeness (QED) is 0.696. The van der Waals surface area contributed by atoms with Gasteiger partial charge in [-0.15, -0.1) is 0 Å². The van der Waals surface area contributed by atoms with E-state index in [9.17, 15) is 18.0 Å². The van der Waals surface area contributed by atoms with Gasteiger partial charge in [0.25, 0.3) is 5.91 Å². The van der Waals surface area contributed by atoms with E-state index in [0.717, 1.165) is 12.1 Å². The van der Waals surface area contributed by atoms with Gasteiger partial charge in [-0.25, -0.2) is 0 Å². The summed E-state index contributed by atoms with van der Waals surface area (Å²) in [6, 6.07) is 13.7. The number of rotatable bonds is 3. The summed E-state index contributed by atoms with van der Waals surface area (Å²) in [4.78, 5) is 18.2. The molecule has 0 unspecified atom stereocenters. The number of hydrogen-bond acceptors (Lipinski definition) is 4. The zero-order valence-electron chi connectivity index (χ0n) is 14.0. The number of carbonyl (C=O) groups is 1. The fourth-order valence-electron chi connectivity index (χ4n) is 2.92. The standard InChI is InChI=1S/C19H14F3N3O2/c20-19(21,22)15-8-4-7-13(9-15)16-23-17(27-24-16)14-10-25(11-14)18(26)12-5-2-1-3-6-12/h1-9,14H,10-11H2. The number of hydrogen-bond donors (Lipinski definition) is 0. The second-order valence-corrected chi connectivity index (χ2v) is 6.31. The summed E-state index contributed by atoms with van der Waals surface area (Å²) in [5.41, 5.74) is 0.0668. The third kappa shape index (κ3) is 3.42. The van der Waals surface area contributed by atoms with E-state index in [-0.39, 0.29) is 23.2 Å². The second-order valence-electron chi connectivity index (χ2n) is 6.31. The molecule has 1 aliphatic heterocycles. The minimum atomic E-state index is -4.44. The first-order chi connectivity index (χ1) is 12.9. The third-order valence-electron chi connectivity index (χ3n) is 4.43. The maximum absolute atomic E-state index is 12.8. The molecule has 1 fully saturated rings. The van der Waals surface area contributed by atoms with Crippen LogP contribution in [0.4, 0.5) is 13.2 Å². The van der Waals surface area contributed by atoms with Crippen molar-refractivity contribution in [3.05, 3.63) is 71.6 Å². The Hall–Kier alpha value is -3.16. The monoisotopic (exact) mass is 373 g/mol. The molecule has 5 nitrogen and oxygen atoms in total. The highest BCUT2D eigenvalue weighted by Gasteiger charge is 2.36. The van der Waals surface area contributed by atoms with Crippen LogP contribution in [0.1, 0.15) is 27.7 Å². The van der Waals surface area contributed by atoms with Gasteiger partial charge in [0.15, 0.2) is 0 Å². The largest absolute Gasteiger partial charge is 0.416 e. The van der Waals surface area contributed by atoms with Gasteiger partial charge < -0.3 is 9.42 Å². The van der Waals surface area contributed by atoms with Gasteiger partial charge in [-0.05, 0) is 24.3 Å². The van der Waals surface area contributed by atoms with Gasteiger partial charge in [0.2, 0.25) is 11.7 Å². The highest BCUT2D eigenvalue weighted by atomic mass is 19.4. The average Bonchev–Trinajstić information content (AvgIpc) is 3.10. The van der Waals surface area contributed by atoms with Gasteiger partial charge in [0.05, 0.1) is 11.5 Å². The van der Waals surface area contributed by atoms with E-state index < -0.39 is 11.7 Å². The van der Waals surface area contributed by atoms with Crippen LogP contribution in [0, 0.1) is 0 Å². The average molecular weight is 373 g/mol. The summed E-state index contributed by atoms with van der Waals surface area (Å²) in [7, 11) is 0. The summed E-state index contributed by atoms with van der Waals surface area (Å²) in [6.07, 6.45) is -4.44. The van der Waals surface area contributed by atoms with Crippen molar-refractivity contribution in [1.82, 2.24) is 15.0 Å². The van der Waals surface area contributed by atoms with E-state index in [0.29, 0.717) is 24.5 Å². The van der Waals surface area contributed by atoms with E-state index in [4.69, 9.17) is 4.52 Å². The molecule has 1 aliphatic rings. The molecule has 2 heterocycles. The van der Waals surface area contributed by atoms with E-state index in [1.54, 1.807) is 29.2 Å². The molecule has 27 heavy (non-hydrogen) atoms. The lowest BCUT2D eigenvalue weighted by Crippen LogP contribution is -2.48. The molecule has 0 N–H and O–H groups in total. The fraction of sp³-hybridized carbons (Fsp3) is 0.211. The van der Waals surface area contributed by atoms with Crippen LogP contribution in [-0.4, -0.2) is 34.0 Å². The molecule has 0 spiro atoms. The first-order valence-corrected chi connectivity index (χ1v) is 8.27. The molecule has 0 bridgehead atoms. The van der Waals surface area contributed by atoms with Crippen molar-refractivity contribution in [2.75, 3.05) is 13.1 Å². The second kappa shape index (κ2) is 6.53. The molecular weight excluding hydrogens is 359 g/mol. The summed E-state index contributed by atoms with van der Waals surface area (Å²) < 4.78 is 43.7. The molecule has 0 atom stereocenters. The van der Waals surface area contributed by atoms with Gasteiger partial charge in [-0.3, -0.25) is 4.79 Å². The Kier molecular flexibility index (Phi) is 4.18. The Labute approximate surface area is 152 Å². The smallest absolute Gasteiger partial charge is 0.339 e. The van der Waals surface area contributed by atoms with E-state index in [1.807, 2.05) is 6.07 Å². The highest BCUT2D eigenvalue weighted by Crippen LogP contribution is 2.33. The molecule has 8 heteroatoms. The van der Waals surface area contributed by atoms with Crippen LogP contribution in [0.2, 0.25) is 0 Å². The predicted molar refractivity (Wildman–Crippen MR) is 89.8 cm³/mol. The number of likely N-dealkylation sites (tertiary alicyclic amines) is 1. The van der Waals surface area contributed by atoms with Gasteiger partial charge >= 0.3 is 6.18 Å². The summed E-state index contributed by atoms with van der Waals surface area (Å²) in [5, 5.41) is 3.78. The minimum Gasteiger partial charge on any atom is -0.339 e. The van der Waals surface area contributed by atoms with Gasteiger partial charge in [-0.2, -0.15) is 18.2 Å². The molecule has 0 radical (unpaired) electrons. The lowest BCUT2D eigenvalue weighted by Gasteiger charge is -2.37. The fourth-order valence-corrected chi connectivity index (χ4v) is 2.92. The van der Waals surface area contributed by atoms with Crippen molar-refractivity contribution in [2.24, 2.45) is 0 Å². The molecule has 1 saturated heterocycles. The molecule has 1 aromatic heterocycles. The van der Waals surface area contributed by atoms with Crippen LogP contribution in [0.5, 0.6) is 0 Å². The number of aromatic nitrogens is 2. The first kappa shape index (κ1) is 17.3. The van der Waals surface area contributed by atoms with Crippen LogP contribution in [-0.2, 0) is 6.18 Å². The van der Waals surface area contributed by atoms with Crippen LogP contribution in [0.25, 0.3) is 11.4 Å². The number of benzene rings is 2. The zero-order chi connectivity index (χ0) is 19.0. The topological polar surface area (TPSA) is 59.2 Å². The number of halogens is 3. The van der Waals surface area contributed by atoms with E-state index >= 15 is 0 Å². The van der Waals surface area contributed by atoms with E-state index in [1.165, 1.54) is 12.1 Å². The number of nitrogens with zero attached hydrogens (tertiary/aromatic N) is 3. The van der Waals surface area contributed by atoms with Gasteiger partial charge in [-0.1, -0.05) is 35.5 Å². The van der Waals surface area contributed by atoms with Crippen molar-refractivity contribution < 1.29 is 22.5 Å². The normalized spacial score (nSPS) is 14.9. The lowest BCUT2D eigenvalue weighted by molar-refractivity contribution is -0.137. The van der Waals surface area contributed by atoms with Crippen molar-refractivity contribution in [2.45, 2.75) is 12.1 Å². The first-order valence-electron chi connectivity index (χ1n) is 8.27. The Bertz CT molecular complexity index is 964. The Morgan fingerprint density at radius 1 is 1.07 bits per heavy atom. The SMILES string of the molecule is O=C(c1ccccc1)N1CC(c2nc(-c3cccc(C(F)(F)F)c3)no2)C1. The maximum atomic E-state index is 12.8. The zero-order valence-corrected chi connectivity index (χ0v) is 14.0. The predicted octanol–water partition coefficient (Wildman–Crippen LogP) is 4.00. The molecule has 4 rings (SSSR count). The molecular formula is C19H14F3N3O2. The van der Waals surface area contributed by atoms with Crippen molar-refractivity contribution in [1.29, 1.82) is 0 Å². The van der Waals surface area contributed by atoms with Crippen LogP contribution >= 0.6 is 0 Å². The minimum absolute atomic E-state index is 0.0792. The van der Waals surface area contributed by atoms with Gasteiger partial charge in [0.1, 0.15) is 0 Å². The third-order valence-corrected chi connectivity index (χ3v) is 4.43. The summed E-state index contributed by atoms with van der Waals surface area (Å²) >= 11 is 0. The van der Waals surface area contributed by atoms with Crippen molar-refractivity contribution in [3.8, 4) is 11.4 Å². The van der Waals surface area contributed by atoms with Crippen molar-refractivity contribution >= 4 is 5.91 Å². The highest BCUT2D eigenvalue weighted by molar-refractivity contribution is 5.94. The number of carbonyl (C=O) groups excluding carboxylic acids is 1. The summed E-state index contributed by atoms with van der Waals surface area (Å²) in [5.74, 6) is 0.220. The molecule has 2 aromatic carbocycles. The Balaban J connectivity index is 1.45. The molecule has 1 amide bonds. The van der Waals surface area contributed by atoms with Crippen LogP contribution in [0.15, 0.2) is 59.1 Å². The Morgan fingerprint density at radius 2 is 1.81 bits per heavy atom. The molecule has 0 saturated carbocycles. The van der Waals surface area contributed by atoms with Crippen LogP contribution in [0.3, 0.4) is 0 Å². The van der Waals surface area contributed by atoms with Crippen LogP contribution < -0.4 is 0 Å².